The molecular formula is C32H62O5Si2. The van der Waals surface area contributed by atoms with Crippen molar-refractivity contribution in [2.24, 2.45) is 11.8 Å². The SMILES string of the molecule is CCCCC[C@@H](/C=C/[C@@H]1[C@@H](C/C=C\CCCC(=O)O)[C@@H](O)C[C@H]1O[Si](C)(C)C(C)(C)C)O[Si](C)(C)C(C)(C)C. The first-order chi connectivity index (χ1) is 17.8. The highest BCUT2D eigenvalue weighted by atomic mass is 28.4. The molecule has 0 saturated heterocycles. The maximum atomic E-state index is 11.2. The van der Waals surface area contributed by atoms with Gasteiger partial charge in [-0.1, -0.05) is 92.0 Å². The van der Waals surface area contributed by atoms with Gasteiger partial charge in [0, 0.05) is 12.3 Å². The number of hydrogen-bond donors (Lipinski definition) is 2. The second kappa shape index (κ2) is 15.5. The molecule has 0 aliphatic heterocycles. The highest BCUT2D eigenvalue weighted by molar-refractivity contribution is 6.74. The van der Waals surface area contributed by atoms with Crippen LogP contribution in [0.25, 0.3) is 0 Å². The van der Waals surface area contributed by atoms with E-state index < -0.39 is 28.7 Å². The van der Waals surface area contributed by atoms with Crippen molar-refractivity contribution in [3.63, 3.8) is 0 Å². The summed E-state index contributed by atoms with van der Waals surface area (Å²) in [7, 11) is -3.95. The Bertz CT molecular complexity index is 791. The molecular weight excluding hydrogens is 521 g/mol. The molecule has 0 aromatic rings. The average molecular weight is 583 g/mol. The molecule has 1 aliphatic carbocycles. The van der Waals surface area contributed by atoms with Gasteiger partial charge in [0.15, 0.2) is 16.6 Å². The Morgan fingerprint density at radius 3 is 2.13 bits per heavy atom. The van der Waals surface area contributed by atoms with E-state index in [-0.39, 0.29) is 40.5 Å². The zero-order chi connectivity index (χ0) is 30.1. The molecule has 1 saturated carbocycles. The maximum absolute atomic E-state index is 11.2. The topological polar surface area (TPSA) is 76.0 Å². The molecule has 0 aromatic heterocycles. The van der Waals surface area contributed by atoms with E-state index in [1.54, 1.807) is 0 Å². The molecule has 0 heterocycles. The molecule has 0 amide bonds. The Morgan fingerprint density at radius 1 is 0.974 bits per heavy atom. The molecule has 0 aromatic carbocycles. The van der Waals surface area contributed by atoms with Crippen molar-refractivity contribution >= 4 is 22.6 Å². The fourth-order valence-electron chi connectivity index (χ4n) is 4.70. The Hall–Kier alpha value is -0.736. The molecule has 5 nitrogen and oxygen atoms in total. The number of hydrogen-bond acceptors (Lipinski definition) is 4. The molecule has 5 atom stereocenters. The van der Waals surface area contributed by atoms with Crippen molar-refractivity contribution in [1.82, 2.24) is 0 Å². The number of unbranched alkanes of at least 4 members (excludes halogenated alkanes) is 3. The van der Waals surface area contributed by atoms with Crippen LogP contribution < -0.4 is 0 Å². The van der Waals surface area contributed by atoms with E-state index in [0.29, 0.717) is 12.8 Å². The summed E-state index contributed by atoms with van der Waals surface area (Å²) in [6, 6.07) is 0. The summed E-state index contributed by atoms with van der Waals surface area (Å²) in [5.41, 5.74) is 0. The Morgan fingerprint density at radius 2 is 1.59 bits per heavy atom. The summed E-state index contributed by atoms with van der Waals surface area (Å²) in [4.78, 5) is 10.8. The van der Waals surface area contributed by atoms with Gasteiger partial charge in [-0.05, 0) is 74.3 Å². The second-order valence-corrected chi connectivity index (χ2v) is 24.3. The van der Waals surface area contributed by atoms with E-state index in [9.17, 15) is 9.90 Å². The van der Waals surface area contributed by atoms with Crippen molar-refractivity contribution in [1.29, 1.82) is 0 Å². The lowest BCUT2D eigenvalue weighted by Crippen LogP contribution is -2.45. The minimum absolute atomic E-state index is 0.00767. The zero-order valence-electron chi connectivity index (χ0n) is 27.2. The van der Waals surface area contributed by atoms with Crippen LogP contribution in [0.3, 0.4) is 0 Å². The largest absolute Gasteiger partial charge is 0.481 e. The van der Waals surface area contributed by atoms with Gasteiger partial charge < -0.3 is 19.1 Å². The first-order valence-electron chi connectivity index (χ1n) is 15.4. The van der Waals surface area contributed by atoms with Crippen molar-refractivity contribution in [3.05, 3.63) is 24.3 Å². The lowest BCUT2D eigenvalue weighted by atomic mass is 9.89. The minimum Gasteiger partial charge on any atom is -0.481 e. The Kier molecular flexibility index (Phi) is 14.4. The summed E-state index contributed by atoms with van der Waals surface area (Å²) in [6.45, 7) is 25.2. The molecule has 1 fully saturated rings. The minimum atomic E-state index is -2.02. The van der Waals surface area contributed by atoms with E-state index in [4.69, 9.17) is 14.0 Å². The number of aliphatic hydroxyl groups is 1. The zero-order valence-corrected chi connectivity index (χ0v) is 29.2. The van der Waals surface area contributed by atoms with Crippen LogP contribution in [0, 0.1) is 11.8 Å². The number of aliphatic carboxylic acids is 1. The molecule has 228 valence electrons. The third kappa shape index (κ3) is 12.0. The summed E-state index contributed by atoms with van der Waals surface area (Å²) < 4.78 is 13.8. The molecule has 0 spiro atoms. The highest BCUT2D eigenvalue weighted by Crippen LogP contribution is 2.44. The van der Waals surface area contributed by atoms with Gasteiger partial charge in [0.05, 0.1) is 18.3 Å². The molecule has 0 radical (unpaired) electrons. The van der Waals surface area contributed by atoms with Crippen LogP contribution in [-0.2, 0) is 13.6 Å². The monoisotopic (exact) mass is 582 g/mol. The number of aliphatic hydroxyl groups excluding tert-OH is 1. The predicted molar refractivity (Wildman–Crippen MR) is 170 cm³/mol. The Labute approximate surface area is 243 Å². The van der Waals surface area contributed by atoms with E-state index in [1.807, 2.05) is 0 Å². The number of carboxylic acid groups (broad SMARTS) is 1. The molecule has 7 heteroatoms. The first kappa shape index (κ1) is 36.3. The molecule has 1 rings (SSSR count). The van der Waals surface area contributed by atoms with Gasteiger partial charge in [-0.3, -0.25) is 4.79 Å². The van der Waals surface area contributed by atoms with Gasteiger partial charge in [-0.2, -0.15) is 0 Å². The summed E-state index contributed by atoms with van der Waals surface area (Å²) in [6.07, 6.45) is 16.1. The maximum Gasteiger partial charge on any atom is 0.303 e. The van der Waals surface area contributed by atoms with Gasteiger partial charge in [-0.15, -0.1) is 0 Å². The van der Waals surface area contributed by atoms with Crippen LogP contribution in [0.1, 0.15) is 106 Å². The molecule has 2 N–H and O–H groups in total. The van der Waals surface area contributed by atoms with Crippen LogP contribution >= 0.6 is 0 Å². The van der Waals surface area contributed by atoms with E-state index in [0.717, 1.165) is 25.7 Å². The lowest BCUT2D eigenvalue weighted by molar-refractivity contribution is -0.137. The predicted octanol–water partition coefficient (Wildman–Crippen LogP) is 9.10. The number of carbonyl (C=O) groups is 1. The number of carboxylic acids is 1. The van der Waals surface area contributed by atoms with Crippen LogP contribution in [0.15, 0.2) is 24.3 Å². The third-order valence-electron chi connectivity index (χ3n) is 9.37. The average Bonchev–Trinajstić information content (AvgIpc) is 3.05. The number of allylic oxidation sites excluding steroid dienone is 2. The fraction of sp³-hybridized carbons (Fsp3) is 0.844. The Balaban J connectivity index is 3.22. The van der Waals surface area contributed by atoms with Crippen LogP contribution in [0.4, 0.5) is 0 Å². The second-order valence-electron chi connectivity index (χ2n) is 14.8. The van der Waals surface area contributed by atoms with Crippen molar-refractivity contribution < 1.29 is 23.9 Å². The van der Waals surface area contributed by atoms with Crippen molar-refractivity contribution in [2.75, 3.05) is 0 Å². The van der Waals surface area contributed by atoms with E-state index in [1.165, 1.54) is 12.8 Å². The standard InChI is InChI=1S/C32H62O5Si2/c1-12-13-16-19-25(36-38(8,9)31(2,3)4)22-23-27-26(20-17-14-15-18-21-30(34)35)28(33)24-29(27)37-39(10,11)32(5,6)7/h14,17,22-23,25-29,33H,12-13,15-16,18-21,24H2,1-11H3,(H,34,35)/b17-14-,23-22+/t25-,26+,27+,28-,29+/m0/s1. The third-order valence-corrected chi connectivity index (χ3v) is 18.4. The van der Waals surface area contributed by atoms with Crippen molar-refractivity contribution in [3.8, 4) is 0 Å². The van der Waals surface area contributed by atoms with Gasteiger partial charge in [0.1, 0.15) is 0 Å². The van der Waals surface area contributed by atoms with Crippen molar-refractivity contribution in [2.45, 2.75) is 161 Å². The van der Waals surface area contributed by atoms with Gasteiger partial charge >= 0.3 is 5.97 Å². The van der Waals surface area contributed by atoms with Gasteiger partial charge in [0.25, 0.3) is 0 Å². The molecule has 0 bridgehead atoms. The quantitative estimate of drug-likeness (QED) is 0.108. The van der Waals surface area contributed by atoms with Crippen LogP contribution in [0.5, 0.6) is 0 Å². The van der Waals surface area contributed by atoms with Gasteiger partial charge in [0.2, 0.25) is 0 Å². The van der Waals surface area contributed by atoms with E-state index >= 15 is 0 Å². The lowest BCUT2D eigenvalue weighted by Gasteiger charge is -2.40. The fourth-order valence-corrected chi connectivity index (χ4v) is 7.38. The summed E-state index contributed by atoms with van der Waals surface area (Å²) in [5.74, 6) is -0.552. The molecule has 1 aliphatic rings. The smallest absolute Gasteiger partial charge is 0.303 e. The molecule has 39 heavy (non-hydrogen) atoms. The van der Waals surface area contributed by atoms with Crippen LogP contribution in [-0.4, -0.2) is 51.1 Å². The summed E-state index contributed by atoms with van der Waals surface area (Å²) in [5, 5.41) is 20.3. The highest BCUT2D eigenvalue weighted by Gasteiger charge is 2.47. The van der Waals surface area contributed by atoms with Gasteiger partial charge in [-0.25, -0.2) is 0 Å². The van der Waals surface area contributed by atoms with E-state index in [2.05, 4.69) is 99.0 Å². The summed E-state index contributed by atoms with van der Waals surface area (Å²) >= 11 is 0. The normalized spacial score (nSPS) is 24.2. The van der Waals surface area contributed by atoms with Crippen LogP contribution in [0.2, 0.25) is 36.3 Å². The number of rotatable bonds is 16. The molecule has 0 unspecified atom stereocenters. The first-order valence-corrected chi connectivity index (χ1v) is 21.2.